The molecule has 39 heavy (non-hydrogen) atoms. The van der Waals surface area contributed by atoms with Crippen LogP contribution in [0.5, 0.6) is 0 Å². The minimum atomic E-state index is -0.854. The lowest BCUT2D eigenvalue weighted by Crippen LogP contribution is -2.45. The molecule has 0 spiro atoms. The van der Waals surface area contributed by atoms with Crippen LogP contribution in [0.1, 0.15) is 174 Å². The monoisotopic (exact) mass is 550 g/mol. The molecule has 1 amide bonds. The van der Waals surface area contributed by atoms with Crippen LogP contribution in [0.3, 0.4) is 0 Å². The summed E-state index contributed by atoms with van der Waals surface area (Å²) in [5, 5.41) is 22.7. The fraction of sp³-hybridized carbons (Fsp3) is 0.857. The summed E-state index contributed by atoms with van der Waals surface area (Å²) >= 11 is 0. The molecule has 230 valence electrons. The molecule has 0 rings (SSSR count). The molecule has 0 aliphatic carbocycles. The Labute approximate surface area is 243 Å². The van der Waals surface area contributed by atoms with Gasteiger partial charge >= 0.3 is 0 Å². The molecule has 0 aromatic carbocycles. The smallest absolute Gasteiger partial charge is 0.220 e. The Morgan fingerprint density at radius 1 is 0.590 bits per heavy atom. The Bertz CT molecular complexity index is 560. The number of aliphatic hydroxyl groups excluding tert-OH is 2. The summed E-state index contributed by atoms with van der Waals surface area (Å²) in [4.78, 5) is 12.2. The van der Waals surface area contributed by atoms with Gasteiger partial charge in [-0.3, -0.25) is 4.79 Å². The molecule has 0 radical (unpaired) electrons. The van der Waals surface area contributed by atoms with E-state index >= 15 is 0 Å². The predicted molar refractivity (Wildman–Crippen MR) is 170 cm³/mol. The molecule has 0 heterocycles. The number of hydrogen-bond donors (Lipinski definition) is 3. The van der Waals surface area contributed by atoms with Crippen molar-refractivity contribution in [1.82, 2.24) is 5.32 Å². The second kappa shape index (κ2) is 31.4. The minimum absolute atomic E-state index is 0.0800. The first-order valence-corrected chi connectivity index (χ1v) is 17.1. The van der Waals surface area contributed by atoms with Gasteiger partial charge in [-0.05, 0) is 32.1 Å². The van der Waals surface area contributed by atoms with Gasteiger partial charge in [0.25, 0.3) is 0 Å². The first-order valence-electron chi connectivity index (χ1n) is 17.1. The standard InChI is InChI=1S/C35H67NO3/c1-3-5-7-9-11-13-14-15-16-17-18-19-20-21-22-23-24-26-28-30-34(38)33(32-37)36-35(39)31-29-27-25-12-10-8-6-4-2/h22-23,28,30,33-34,37-38H,3-21,24-27,29,31-32H2,1-2H3,(H,36,39)/b23-22+,30-28+. The molecule has 4 nitrogen and oxygen atoms in total. The lowest BCUT2D eigenvalue weighted by atomic mass is 10.0. The molecule has 0 saturated carbocycles. The van der Waals surface area contributed by atoms with Gasteiger partial charge in [0, 0.05) is 6.42 Å². The molecule has 0 aliphatic rings. The van der Waals surface area contributed by atoms with Crippen molar-refractivity contribution in [3.05, 3.63) is 24.3 Å². The van der Waals surface area contributed by atoms with Crippen molar-refractivity contribution in [1.29, 1.82) is 0 Å². The summed E-state index contributed by atoms with van der Waals surface area (Å²) in [6.45, 7) is 4.25. The molecule has 0 aromatic rings. The summed E-state index contributed by atoms with van der Waals surface area (Å²) in [6, 6.07) is -0.631. The first-order chi connectivity index (χ1) is 19.2. The summed E-state index contributed by atoms with van der Waals surface area (Å²) in [7, 11) is 0. The molecule has 3 N–H and O–H groups in total. The number of nitrogens with one attached hydrogen (secondary N) is 1. The summed E-state index contributed by atoms with van der Waals surface area (Å²) < 4.78 is 0. The van der Waals surface area contributed by atoms with E-state index in [0.29, 0.717) is 6.42 Å². The maximum Gasteiger partial charge on any atom is 0.220 e. The van der Waals surface area contributed by atoms with Crippen molar-refractivity contribution in [2.24, 2.45) is 0 Å². The molecular formula is C35H67NO3. The van der Waals surface area contributed by atoms with E-state index in [1.807, 2.05) is 6.08 Å². The summed E-state index contributed by atoms with van der Waals surface area (Å²) in [6.07, 6.45) is 38.4. The molecule has 0 aliphatic heterocycles. The third kappa shape index (κ3) is 28.2. The first kappa shape index (κ1) is 37.9. The van der Waals surface area contributed by atoms with Crippen molar-refractivity contribution in [2.45, 2.75) is 187 Å². The number of aliphatic hydroxyl groups is 2. The fourth-order valence-corrected chi connectivity index (χ4v) is 5.02. The largest absolute Gasteiger partial charge is 0.394 e. The van der Waals surface area contributed by atoms with Crippen molar-refractivity contribution in [2.75, 3.05) is 6.61 Å². The SMILES string of the molecule is CCCCCCCCCCCCCCC/C=C/CC/C=C/C(O)C(CO)NC(=O)CCCCCCCCCC. The van der Waals surface area contributed by atoms with Crippen molar-refractivity contribution < 1.29 is 15.0 Å². The fourth-order valence-electron chi connectivity index (χ4n) is 5.02. The number of unbranched alkanes of at least 4 members (excludes halogenated alkanes) is 21. The average molecular weight is 550 g/mol. The van der Waals surface area contributed by atoms with Gasteiger partial charge in [0.15, 0.2) is 0 Å². The Kier molecular flexibility index (Phi) is 30.5. The number of hydrogen-bond acceptors (Lipinski definition) is 3. The van der Waals surface area contributed by atoms with Crippen molar-refractivity contribution >= 4 is 5.91 Å². The highest BCUT2D eigenvalue weighted by Crippen LogP contribution is 2.13. The summed E-state index contributed by atoms with van der Waals surface area (Å²) in [5.74, 6) is -0.0800. The van der Waals surface area contributed by atoms with E-state index in [2.05, 4.69) is 31.3 Å². The van der Waals surface area contributed by atoms with Gasteiger partial charge in [0.1, 0.15) is 0 Å². The Morgan fingerprint density at radius 2 is 1.00 bits per heavy atom. The zero-order chi connectivity index (χ0) is 28.7. The van der Waals surface area contributed by atoms with Gasteiger partial charge in [-0.25, -0.2) is 0 Å². The number of allylic oxidation sites excluding steroid dienone is 3. The van der Waals surface area contributed by atoms with Crippen LogP contribution >= 0.6 is 0 Å². The van der Waals surface area contributed by atoms with Gasteiger partial charge in [-0.15, -0.1) is 0 Å². The lowest BCUT2D eigenvalue weighted by Gasteiger charge is -2.19. The minimum Gasteiger partial charge on any atom is -0.394 e. The molecular weight excluding hydrogens is 482 g/mol. The van der Waals surface area contributed by atoms with E-state index in [0.717, 1.165) is 32.1 Å². The van der Waals surface area contributed by atoms with E-state index < -0.39 is 12.1 Å². The van der Waals surface area contributed by atoms with Crippen LogP contribution in [-0.2, 0) is 4.79 Å². The summed E-state index contributed by atoms with van der Waals surface area (Å²) in [5.41, 5.74) is 0. The van der Waals surface area contributed by atoms with Crippen LogP contribution in [-0.4, -0.2) is 34.9 Å². The van der Waals surface area contributed by atoms with Crippen molar-refractivity contribution in [3.63, 3.8) is 0 Å². The highest BCUT2D eigenvalue weighted by atomic mass is 16.3. The van der Waals surface area contributed by atoms with E-state index in [1.165, 1.54) is 122 Å². The van der Waals surface area contributed by atoms with E-state index in [4.69, 9.17) is 0 Å². The van der Waals surface area contributed by atoms with Gasteiger partial charge in [-0.2, -0.15) is 0 Å². The Morgan fingerprint density at radius 3 is 1.49 bits per heavy atom. The van der Waals surface area contributed by atoms with Gasteiger partial charge in [0.2, 0.25) is 5.91 Å². The van der Waals surface area contributed by atoms with Crippen molar-refractivity contribution in [3.8, 4) is 0 Å². The van der Waals surface area contributed by atoms with Crippen LogP contribution in [0.15, 0.2) is 24.3 Å². The maximum absolute atomic E-state index is 12.2. The number of rotatable bonds is 30. The normalized spacial score (nSPS) is 13.4. The van der Waals surface area contributed by atoms with E-state index in [1.54, 1.807) is 6.08 Å². The molecule has 0 aromatic heterocycles. The maximum atomic E-state index is 12.2. The zero-order valence-corrected chi connectivity index (χ0v) is 26.2. The van der Waals surface area contributed by atoms with Gasteiger partial charge < -0.3 is 15.5 Å². The predicted octanol–water partition coefficient (Wildman–Crippen LogP) is 9.73. The molecule has 2 atom stereocenters. The van der Waals surface area contributed by atoms with Crippen LogP contribution in [0.4, 0.5) is 0 Å². The van der Waals surface area contributed by atoms with E-state index in [9.17, 15) is 15.0 Å². The lowest BCUT2D eigenvalue weighted by molar-refractivity contribution is -0.123. The van der Waals surface area contributed by atoms with Crippen LogP contribution < -0.4 is 5.32 Å². The topological polar surface area (TPSA) is 69.6 Å². The average Bonchev–Trinajstić information content (AvgIpc) is 2.94. The number of amides is 1. The van der Waals surface area contributed by atoms with Crippen LogP contribution in [0.25, 0.3) is 0 Å². The number of carbonyl (C=O) groups excluding carboxylic acids is 1. The third-order valence-electron chi connectivity index (χ3n) is 7.69. The molecule has 2 unspecified atom stereocenters. The van der Waals surface area contributed by atoms with Gasteiger partial charge in [-0.1, -0.05) is 160 Å². The van der Waals surface area contributed by atoms with Crippen LogP contribution in [0, 0.1) is 0 Å². The molecule has 0 bridgehead atoms. The van der Waals surface area contributed by atoms with E-state index in [-0.39, 0.29) is 12.5 Å². The highest BCUT2D eigenvalue weighted by Gasteiger charge is 2.17. The third-order valence-corrected chi connectivity index (χ3v) is 7.69. The molecule has 0 fully saturated rings. The highest BCUT2D eigenvalue weighted by molar-refractivity contribution is 5.76. The molecule has 0 saturated heterocycles. The quantitative estimate of drug-likeness (QED) is 0.0617. The molecule has 4 heteroatoms. The van der Waals surface area contributed by atoms with Gasteiger partial charge in [0.05, 0.1) is 18.8 Å². The Hall–Kier alpha value is -1.13. The second-order valence-electron chi connectivity index (χ2n) is 11.6. The second-order valence-corrected chi connectivity index (χ2v) is 11.6. The van der Waals surface area contributed by atoms with Crippen LogP contribution in [0.2, 0.25) is 0 Å². The zero-order valence-electron chi connectivity index (χ0n) is 26.2. The Balaban J connectivity index is 3.64. The number of carbonyl (C=O) groups is 1.